The van der Waals surface area contributed by atoms with E-state index in [9.17, 15) is 4.57 Å². The van der Waals surface area contributed by atoms with Gasteiger partial charge in [-0.1, -0.05) is 60.7 Å². The summed E-state index contributed by atoms with van der Waals surface area (Å²) in [6, 6.07) is 23.5. The van der Waals surface area contributed by atoms with Crippen LogP contribution in [0.2, 0.25) is 0 Å². The number of hydrogen-bond donors (Lipinski definition) is 0. The van der Waals surface area contributed by atoms with Gasteiger partial charge in [0, 0.05) is 40.2 Å². The zero-order valence-electron chi connectivity index (χ0n) is 14.5. The molecule has 0 fully saturated rings. The smallest absolute Gasteiger partial charge is 0.147 e. The molecule has 2 aromatic carbocycles. The fraction of sp³-hybridized carbons (Fsp3) is 0.0909. The van der Waals surface area contributed by atoms with Crippen LogP contribution < -0.4 is 10.6 Å². The molecule has 0 amide bonds. The standard InChI is InChI=1S/C22H19N2OP/c1-17-19(14-18-15-23-13-12-22(18)24-17)16-26(25,20-8-4-2-5-9-20)21-10-6-3-7-11-21/h2-15H,16H2,1H3. The maximum Gasteiger partial charge on any atom is 0.147 e. The van der Waals surface area contributed by atoms with Crippen molar-refractivity contribution in [3.8, 4) is 0 Å². The molecule has 0 aliphatic heterocycles. The number of aromatic nitrogens is 2. The van der Waals surface area contributed by atoms with Crippen LogP contribution in [0.15, 0.2) is 85.2 Å². The normalized spacial score (nSPS) is 11.6. The van der Waals surface area contributed by atoms with E-state index in [-0.39, 0.29) is 0 Å². The van der Waals surface area contributed by atoms with Gasteiger partial charge in [0.1, 0.15) is 7.14 Å². The summed E-state index contributed by atoms with van der Waals surface area (Å²) in [6.07, 6.45) is 4.00. The van der Waals surface area contributed by atoms with E-state index in [0.717, 1.165) is 32.8 Å². The van der Waals surface area contributed by atoms with E-state index in [1.54, 1.807) is 12.4 Å². The highest BCUT2D eigenvalue weighted by molar-refractivity contribution is 7.78. The monoisotopic (exact) mass is 358 g/mol. The summed E-state index contributed by atoms with van der Waals surface area (Å²) in [5.41, 5.74) is 2.83. The molecule has 0 spiro atoms. The van der Waals surface area contributed by atoms with Gasteiger partial charge in [0.2, 0.25) is 0 Å². The summed E-state index contributed by atoms with van der Waals surface area (Å²) < 4.78 is 14.2. The lowest BCUT2D eigenvalue weighted by Gasteiger charge is -2.20. The molecule has 3 nitrogen and oxygen atoms in total. The second-order valence-electron chi connectivity index (χ2n) is 6.37. The molecule has 0 radical (unpaired) electrons. The molecule has 0 aliphatic carbocycles. The second-order valence-corrected chi connectivity index (χ2v) is 9.20. The molecular weight excluding hydrogens is 339 g/mol. The lowest BCUT2D eigenvalue weighted by atomic mass is 10.1. The van der Waals surface area contributed by atoms with Gasteiger partial charge in [0.15, 0.2) is 0 Å². The first-order valence-electron chi connectivity index (χ1n) is 8.57. The summed E-state index contributed by atoms with van der Waals surface area (Å²) in [6.45, 7) is 1.98. The minimum atomic E-state index is -2.81. The molecule has 4 heteroatoms. The average Bonchev–Trinajstić information content (AvgIpc) is 2.70. The maximum atomic E-state index is 14.2. The minimum Gasteiger partial charge on any atom is -0.313 e. The van der Waals surface area contributed by atoms with Crippen molar-refractivity contribution < 1.29 is 4.57 Å². The molecule has 4 rings (SSSR count). The first kappa shape index (κ1) is 16.7. The second kappa shape index (κ2) is 6.86. The molecule has 2 heterocycles. The summed E-state index contributed by atoms with van der Waals surface area (Å²) in [5.74, 6) is 0. The molecule has 0 saturated heterocycles. The van der Waals surface area contributed by atoms with E-state index >= 15 is 0 Å². The topological polar surface area (TPSA) is 42.9 Å². The number of benzene rings is 2. The van der Waals surface area contributed by atoms with Crippen LogP contribution in [0.4, 0.5) is 0 Å². The predicted octanol–water partition coefficient (Wildman–Crippen LogP) is 4.45. The van der Waals surface area contributed by atoms with Crippen LogP contribution in [0.25, 0.3) is 10.9 Å². The van der Waals surface area contributed by atoms with E-state index in [0.29, 0.717) is 6.16 Å². The Balaban J connectivity index is 1.87. The summed E-state index contributed by atoms with van der Waals surface area (Å²) >= 11 is 0. The van der Waals surface area contributed by atoms with Crippen LogP contribution >= 0.6 is 7.14 Å². The first-order valence-corrected chi connectivity index (χ1v) is 10.5. The fourth-order valence-electron chi connectivity index (χ4n) is 3.23. The lowest BCUT2D eigenvalue weighted by Crippen LogP contribution is -2.18. The highest BCUT2D eigenvalue weighted by Gasteiger charge is 2.28. The maximum absolute atomic E-state index is 14.2. The Morgan fingerprint density at radius 2 is 1.50 bits per heavy atom. The highest BCUT2D eigenvalue weighted by Crippen LogP contribution is 2.47. The molecule has 0 bridgehead atoms. The van der Waals surface area contributed by atoms with Crippen molar-refractivity contribution in [2.45, 2.75) is 13.1 Å². The molecule has 4 aromatic rings. The van der Waals surface area contributed by atoms with E-state index in [2.05, 4.69) is 16.0 Å². The largest absolute Gasteiger partial charge is 0.313 e. The van der Waals surface area contributed by atoms with Crippen molar-refractivity contribution in [2.24, 2.45) is 0 Å². The fourth-order valence-corrected chi connectivity index (χ4v) is 6.00. The van der Waals surface area contributed by atoms with Gasteiger partial charge in [0.05, 0.1) is 5.52 Å². The highest BCUT2D eigenvalue weighted by atomic mass is 31.2. The SMILES string of the molecule is Cc1nc2ccncc2cc1CP(=O)(c1ccccc1)c1ccccc1. The van der Waals surface area contributed by atoms with Gasteiger partial charge >= 0.3 is 0 Å². The molecule has 0 unspecified atom stereocenters. The zero-order chi connectivity index (χ0) is 18.0. The quantitative estimate of drug-likeness (QED) is 0.506. The Morgan fingerprint density at radius 1 is 0.885 bits per heavy atom. The Labute approximate surface area is 153 Å². The first-order chi connectivity index (χ1) is 12.7. The van der Waals surface area contributed by atoms with Crippen LogP contribution in [0.5, 0.6) is 0 Å². The van der Waals surface area contributed by atoms with E-state index < -0.39 is 7.14 Å². The third kappa shape index (κ3) is 3.07. The third-order valence-electron chi connectivity index (χ3n) is 4.65. The summed E-state index contributed by atoms with van der Waals surface area (Å²) in [4.78, 5) is 8.87. The molecule has 0 atom stereocenters. The number of nitrogens with zero attached hydrogens (tertiary/aromatic N) is 2. The van der Waals surface area contributed by atoms with Crippen molar-refractivity contribution in [3.63, 3.8) is 0 Å². The van der Waals surface area contributed by atoms with E-state index in [4.69, 9.17) is 0 Å². The Morgan fingerprint density at radius 3 is 2.12 bits per heavy atom. The van der Waals surface area contributed by atoms with Crippen LogP contribution in [0.3, 0.4) is 0 Å². The van der Waals surface area contributed by atoms with Gasteiger partial charge in [0.25, 0.3) is 0 Å². The Hall–Kier alpha value is -2.77. The van der Waals surface area contributed by atoms with Crippen LogP contribution in [-0.4, -0.2) is 9.97 Å². The molecule has 26 heavy (non-hydrogen) atoms. The number of fused-ring (bicyclic) bond motifs is 1. The van der Waals surface area contributed by atoms with Gasteiger partial charge in [-0.05, 0) is 24.6 Å². The predicted molar refractivity (Wildman–Crippen MR) is 108 cm³/mol. The van der Waals surface area contributed by atoms with Gasteiger partial charge in [-0.3, -0.25) is 9.97 Å². The van der Waals surface area contributed by atoms with Gasteiger partial charge in [-0.25, -0.2) is 0 Å². The number of pyridine rings is 2. The lowest BCUT2D eigenvalue weighted by molar-refractivity contribution is 0.586. The summed E-state index contributed by atoms with van der Waals surface area (Å²) in [7, 11) is -2.81. The van der Waals surface area contributed by atoms with E-state index in [1.807, 2.05) is 73.7 Å². The van der Waals surface area contributed by atoms with Gasteiger partial charge in [-0.2, -0.15) is 0 Å². The van der Waals surface area contributed by atoms with E-state index in [1.165, 1.54) is 0 Å². The molecule has 0 aliphatic rings. The molecule has 128 valence electrons. The van der Waals surface area contributed by atoms with Crippen molar-refractivity contribution in [1.82, 2.24) is 9.97 Å². The van der Waals surface area contributed by atoms with Crippen LogP contribution in [0, 0.1) is 6.92 Å². The molecule has 0 saturated carbocycles. The molecular formula is C22H19N2OP. The van der Waals surface area contributed by atoms with Crippen molar-refractivity contribution in [2.75, 3.05) is 0 Å². The van der Waals surface area contributed by atoms with Crippen molar-refractivity contribution in [1.29, 1.82) is 0 Å². The van der Waals surface area contributed by atoms with Crippen LogP contribution in [-0.2, 0) is 10.7 Å². The number of hydrogen-bond acceptors (Lipinski definition) is 3. The third-order valence-corrected chi connectivity index (χ3v) is 7.70. The van der Waals surface area contributed by atoms with Crippen LogP contribution in [0.1, 0.15) is 11.3 Å². The molecule has 0 N–H and O–H groups in total. The van der Waals surface area contributed by atoms with Gasteiger partial charge < -0.3 is 4.57 Å². The Bertz CT molecular complexity index is 1050. The zero-order valence-corrected chi connectivity index (χ0v) is 15.4. The van der Waals surface area contributed by atoms with Crippen molar-refractivity contribution in [3.05, 3.63) is 96.4 Å². The summed E-state index contributed by atoms with van der Waals surface area (Å²) in [5, 5.41) is 2.72. The minimum absolute atomic E-state index is 0.449. The number of rotatable bonds is 4. The van der Waals surface area contributed by atoms with Crippen molar-refractivity contribution >= 4 is 28.7 Å². The molecule has 2 aromatic heterocycles. The Kier molecular flexibility index (Phi) is 4.40. The average molecular weight is 358 g/mol. The van der Waals surface area contributed by atoms with Gasteiger partial charge in [-0.15, -0.1) is 0 Å². The number of aryl methyl sites for hydroxylation is 1.